The molecule has 0 bridgehead atoms. The molecule has 2 heteroatoms. The van der Waals surface area contributed by atoms with E-state index in [1.807, 2.05) is 42.5 Å². The summed E-state index contributed by atoms with van der Waals surface area (Å²) in [6, 6.07) is 17.7. The molecule has 0 aromatic heterocycles. The topological polar surface area (TPSA) is 20.2 Å². The Bertz CT molecular complexity index is 719. The highest BCUT2D eigenvalue weighted by Gasteiger charge is 2.06. The fraction of sp³-hybridized carbons (Fsp3) is 0. The fourth-order valence-electron chi connectivity index (χ4n) is 2.10. The standard InChI is InChI=1S/C16H11FO/c17-14-7-8-16(18)15(10-14)13-6-5-11-3-1-2-4-12(11)9-13/h1-10,18H. The largest absolute Gasteiger partial charge is 0.507 e. The summed E-state index contributed by atoms with van der Waals surface area (Å²) >= 11 is 0. The van der Waals surface area contributed by atoms with E-state index < -0.39 is 0 Å². The molecule has 0 saturated heterocycles. The van der Waals surface area contributed by atoms with E-state index in [4.69, 9.17) is 0 Å². The molecule has 0 atom stereocenters. The van der Waals surface area contributed by atoms with Crippen LogP contribution in [-0.2, 0) is 0 Å². The average molecular weight is 238 g/mol. The second-order valence-electron chi connectivity index (χ2n) is 4.22. The first-order chi connectivity index (χ1) is 8.74. The maximum Gasteiger partial charge on any atom is 0.124 e. The molecular weight excluding hydrogens is 227 g/mol. The number of aromatic hydroxyl groups is 1. The minimum absolute atomic E-state index is 0.0895. The van der Waals surface area contributed by atoms with Crippen LogP contribution in [0.4, 0.5) is 4.39 Å². The van der Waals surface area contributed by atoms with Crippen LogP contribution in [0.2, 0.25) is 0 Å². The van der Waals surface area contributed by atoms with E-state index in [0.717, 1.165) is 16.3 Å². The van der Waals surface area contributed by atoms with Gasteiger partial charge in [-0.25, -0.2) is 4.39 Å². The summed E-state index contributed by atoms with van der Waals surface area (Å²) in [5.41, 5.74) is 1.33. The van der Waals surface area contributed by atoms with Crippen LogP contribution >= 0.6 is 0 Å². The van der Waals surface area contributed by atoms with Gasteiger partial charge in [-0.3, -0.25) is 0 Å². The van der Waals surface area contributed by atoms with E-state index in [1.54, 1.807) is 0 Å². The van der Waals surface area contributed by atoms with Gasteiger partial charge >= 0.3 is 0 Å². The van der Waals surface area contributed by atoms with E-state index in [2.05, 4.69) is 0 Å². The van der Waals surface area contributed by atoms with Crippen molar-refractivity contribution in [1.29, 1.82) is 0 Å². The number of hydrogen-bond donors (Lipinski definition) is 1. The van der Waals surface area contributed by atoms with Crippen molar-refractivity contribution in [2.24, 2.45) is 0 Å². The highest BCUT2D eigenvalue weighted by atomic mass is 19.1. The summed E-state index contributed by atoms with van der Waals surface area (Å²) < 4.78 is 13.2. The van der Waals surface area contributed by atoms with E-state index in [1.165, 1.54) is 18.2 Å². The summed E-state index contributed by atoms with van der Waals surface area (Å²) in [7, 11) is 0. The molecular formula is C16H11FO. The van der Waals surface area contributed by atoms with Gasteiger partial charge in [0, 0.05) is 5.56 Å². The summed E-state index contributed by atoms with van der Waals surface area (Å²) in [4.78, 5) is 0. The first kappa shape index (κ1) is 10.8. The van der Waals surface area contributed by atoms with Crippen molar-refractivity contribution >= 4 is 10.8 Å². The second kappa shape index (κ2) is 4.15. The highest BCUT2D eigenvalue weighted by Crippen LogP contribution is 2.31. The quantitative estimate of drug-likeness (QED) is 0.668. The molecule has 0 spiro atoms. The van der Waals surface area contributed by atoms with Gasteiger partial charge in [0.2, 0.25) is 0 Å². The Morgan fingerprint density at radius 2 is 1.56 bits per heavy atom. The van der Waals surface area contributed by atoms with E-state index in [0.29, 0.717) is 5.56 Å². The Hall–Kier alpha value is -2.35. The smallest absolute Gasteiger partial charge is 0.124 e. The minimum Gasteiger partial charge on any atom is -0.507 e. The third-order valence-electron chi connectivity index (χ3n) is 3.02. The Morgan fingerprint density at radius 3 is 2.39 bits per heavy atom. The van der Waals surface area contributed by atoms with Crippen molar-refractivity contribution in [3.63, 3.8) is 0 Å². The van der Waals surface area contributed by atoms with Gasteiger partial charge in [-0.15, -0.1) is 0 Å². The van der Waals surface area contributed by atoms with Crippen LogP contribution in [0.1, 0.15) is 0 Å². The molecule has 0 aliphatic rings. The van der Waals surface area contributed by atoms with Gasteiger partial charge in [0.1, 0.15) is 11.6 Å². The molecule has 0 aliphatic carbocycles. The van der Waals surface area contributed by atoms with Gasteiger partial charge in [-0.2, -0.15) is 0 Å². The van der Waals surface area contributed by atoms with Gasteiger partial charge in [0.25, 0.3) is 0 Å². The predicted molar refractivity (Wildman–Crippen MR) is 71.0 cm³/mol. The molecule has 0 aliphatic heterocycles. The second-order valence-corrected chi connectivity index (χ2v) is 4.22. The fourth-order valence-corrected chi connectivity index (χ4v) is 2.10. The summed E-state index contributed by atoms with van der Waals surface area (Å²) in [6.07, 6.45) is 0. The summed E-state index contributed by atoms with van der Waals surface area (Å²) in [5, 5.41) is 12.0. The third kappa shape index (κ3) is 1.82. The van der Waals surface area contributed by atoms with Crippen LogP contribution < -0.4 is 0 Å². The molecule has 1 N–H and O–H groups in total. The van der Waals surface area contributed by atoms with Crippen LogP contribution in [0.5, 0.6) is 5.75 Å². The number of hydrogen-bond acceptors (Lipinski definition) is 1. The van der Waals surface area contributed by atoms with Crippen molar-refractivity contribution in [2.45, 2.75) is 0 Å². The Balaban J connectivity index is 2.22. The SMILES string of the molecule is Oc1ccc(F)cc1-c1ccc2ccccc2c1. The molecule has 0 saturated carbocycles. The number of rotatable bonds is 1. The molecule has 0 fully saturated rings. The maximum absolute atomic E-state index is 13.2. The lowest BCUT2D eigenvalue weighted by Crippen LogP contribution is -1.82. The molecule has 1 nitrogen and oxygen atoms in total. The van der Waals surface area contributed by atoms with Crippen LogP contribution in [0.15, 0.2) is 60.7 Å². The Labute approximate surface area is 104 Å². The molecule has 3 aromatic carbocycles. The highest BCUT2D eigenvalue weighted by molar-refractivity contribution is 5.88. The zero-order valence-electron chi connectivity index (χ0n) is 9.60. The molecule has 18 heavy (non-hydrogen) atoms. The average Bonchev–Trinajstić information content (AvgIpc) is 2.41. The van der Waals surface area contributed by atoms with Crippen LogP contribution in [0.3, 0.4) is 0 Å². The molecule has 0 radical (unpaired) electrons. The lowest BCUT2D eigenvalue weighted by molar-refractivity contribution is 0.475. The van der Waals surface area contributed by atoms with Crippen molar-refractivity contribution in [3.8, 4) is 16.9 Å². The molecule has 0 amide bonds. The van der Waals surface area contributed by atoms with Gasteiger partial charge in [-0.05, 0) is 40.6 Å². The van der Waals surface area contributed by atoms with Crippen molar-refractivity contribution in [2.75, 3.05) is 0 Å². The van der Waals surface area contributed by atoms with E-state index >= 15 is 0 Å². The number of benzene rings is 3. The van der Waals surface area contributed by atoms with Gasteiger partial charge < -0.3 is 5.11 Å². The summed E-state index contributed by atoms with van der Waals surface area (Å²) in [6.45, 7) is 0. The Kier molecular flexibility index (Phi) is 2.49. The zero-order chi connectivity index (χ0) is 12.5. The third-order valence-corrected chi connectivity index (χ3v) is 3.02. The number of halogens is 1. The first-order valence-electron chi connectivity index (χ1n) is 5.72. The van der Waals surface area contributed by atoms with Crippen LogP contribution in [0.25, 0.3) is 21.9 Å². The summed E-state index contributed by atoms with van der Waals surface area (Å²) in [5.74, 6) is -0.261. The Morgan fingerprint density at radius 1 is 0.778 bits per heavy atom. The van der Waals surface area contributed by atoms with Crippen molar-refractivity contribution in [1.82, 2.24) is 0 Å². The number of phenolic OH excluding ortho intramolecular Hbond substituents is 1. The molecule has 3 rings (SSSR count). The first-order valence-corrected chi connectivity index (χ1v) is 5.72. The predicted octanol–water partition coefficient (Wildman–Crippen LogP) is 4.35. The zero-order valence-corrected chi connectivity index (χ0v) is 9.60. The van der Waals surface area contributed by atoms with Crippen LogP contribution in [0, 0.1) is 5.82 Å². The van der Waals surface area contributed by atoms with Crippen molar-refractivity contribution in [3.05, 3.63) is 66.5 Å². The molecule has 0 heterocycles. The van der Waals surface area contributed by atoms with Crippen LogP contribution in [-0.4, -0.2) is 5.11 Å². The van der Waals surface area contributed by atoms with E-state index in [9.17, 15) is 9.50 Å². The normalized spacial score (nSPS) is 10.7. The van der Waals surface area contributed by atoms with E-state index in [-0.39, 0.29) is 11.6 Å². The maximum atomic E-state index is 13.2. The number of phenols is 1. The minimum atomic E-state index is -0.351. The monoisotopic (exact) mass is 238 g/mol. The van der Waals surface area contributed by atoms with Gasteiger partial charge in [-0.1, -0.05) is 36.4 Å². The molecule has 88 valence electrons. The molecule has 0 unspecified atom stereocenters. The lowest BCUT2D eigenvalue weighted by atomic mass is 10.0. The number of fused-ring (bicyclic) bond motifs is 1. The van der Waals surface area contributed by atoms with Crippen molar-refractivity contribution < 1.29 is 9.50 Å². The van der Waals surface area contributed by atoms with Gasteiger partial charge in [0.15, 0.2) is 0 Å². The molecule has 3 aromatic rings. The van der Waals surface area contributed by atoms with Gasteiger partial charge in [0.05, 0.1) is 0 Å². The lowest BCUT2D eigenvalue weighted by Gasteiger charge is -2.06.